The number of halogens is 1. The highest BCUT2D eigenvalue weighted by atomic mass is 35.5. The van der Waals surface area contributed by atoms with Gasteiger partial charge in [0.25, 0.3) is 0 Å². The number of rotatable bonds is 37. The van der Waals surface area contributed by atoms with E-state index in [9.17, 15) is 63.0 Å². The molecular weight excluding hydrogens is 1370 g/mol. The number of fused-ring (bicyclic) bond motifs is 2. The number of nitrogens with zero attached hydrogens (tertiary/aromatic N) is 1. The number of aromatic hydroxyl groups is 1. The zero-order valence-electron chi connectivity index (χ0n) is 58.9. The van der Waals surface area contributed by atoms with E-state index >= 15 is 0 Å². The third-order valence-electron chi connectivity index (χ3n) is 17.7. The quantitative estimate of drug-likeness (QED) is 0.0143. The number of nitrogens with one attached hydrogen (secondary N) is 14. The van der Waals surface area contributed by atoms with Crippen LogP contribution in [0.5, 0.6) is 5.75 Å². The lowest BCUT2D eigenvalue weighted by Gasteiger charge is -2.31. The molecule has 1 aliphatic heterocycles. The number of guanidine groups is 2. The van der Waals surface area contributed by atoms with Crippen LogP contribution in [0.25, 0.3) is 21.7 Å². The Bertz CT molecular complexity index is 4080. The Kier molecular flexibility index (Phi) is 30.5. The molecule has 32 heteroatoms. The SMILES string of the molecule is CC(=O)N[C@H](Cc1cccc2ccccc12)C(=O)NC(=O)[C@@H](C)NC(=O)[C@@H]1CCCN1C(=O)[C@H](CCCNC(=N)N)NC(=O)[C@H](CC(C)C)NC(=O)[C@@H](CCCNC(=N)N)NC(=O)[C@H](Cc1ccc(O)cc1)NC(=O)[C@H](CO)NC(=O)[C@@H](Cc1c[nH]c2ccccc12)NC(=O)[C@H](N)Cc1ccc(Cl)cc1. The number of imide groups is 1. The largest absolute Gasteiger partial charge is 0.508 e. The first-order valence-electron chi connectivity index (χ1n) is 34.7. The second-order valence-corrected chi connectivity index (χ2v) is 26.8. The molecule has 0 spiro atoms. The van der Waals surface area contributed by atoms with Crippen LogP contribution in [0.1, 0.15) is 94.9 Å². The van der Waals surface area contributed by atoms with Gasteiger partial charge in [-0.3, -0.25) is 68.9 Å². The predicted molar refractivity (Wildman–Crippen MR) is 394 cm³/mol. The molecule has 0 saturated carbocycles. The molecule has 1 saturated heterocycles. The van der Waals surface area contributed by atoms with Gasteiger partial charge in [0.2, 0.25) is 65.0 Å². The number of aliphatic hydroxyl groups excluding tert-OH is 1. The topological polar surface area (TPSA) is 505 Å². The summed E-state index contributed by atoms with van der Waals surface area (Å²) < 4.78 is 0. The van der Waals surface area contributed by atoms with Crippen LogP contribution >= 0.6 is 11.6 Å². The molecule has 0 unspecified atom stereocenters. The summed E-state index contributed by atoms with van der Waals surface area (Å²) in [5.74, 6) is -10.3. The summed E-state index contributed by atoms with van der Waals surface area (Å²) in [5.41, 5.74) is 20.7. The fourth-order valence-electron chi connectivity index (χ4n) is 12.2. The molecule has 1 fully saturated rings. The van der Waals surface area contributed by atoms with Crippen LogP contribution in [0.4, 0.5) is 0 Å². The van der Waals surface area contributed by atoms with Crippen LogP contribution in [0.2, 0.25) is 5.02 Å². The van der Waals surface area contributed by atoms with Crippen LogP contribution in [0.15, 0.2) is 121 Å². The predicted octanol–water partition coefficient (Wildman–Crippen LogP) is 0.395. The smallest absolute Gasteiger partial charge is 0.249 e. The van der Waals surface area contributed by atoms with E-state index < -0.39 is 138 Å². The van der Waals surface area contributed by atoms with Crippen LogP contribution in [0.3, 0.4) is 0 Å². The fourth-order valence-corrected chi connectivity index (χ4v) is 12.4. The number of carbonyl (C=O) groups is 11. The number of aromatic nitrogens is 1. The molecule has 0 aliphatic carbocycles. The molecule has 0 radical (unpaired) electrons. The molecular formula is C73H95ClN18O13. The summed E-state index contributed by atoms with van der Waals surface area (Å²) in [6.45, 7) is 5.27. The van der Waals surface area contributed by atoms with E-state index in [1.807, 2.05) is 54.6 Å². The number of phenolic OH excluding ortho intramolecular Hbond substituents is 1. The molecule has 11 amide bonds. The highest BCUT2D eigenvalue weighted by molar-refractivity contribution is 6.30. The lowest BCUT2D eigenvalue weighted by molar-refractivity contribution is -0.143. The Morgan fingerprint density at radius 2 is 1.08 bits per heavy atom. The van der Waals surface area contributed by atoms with Gasteiger partial charge >= 0.3 is 0 Å². The zero-order valence-corrected chi connectivity index (χ0v) is 59.7. The first-order chi connectivity index (χ1) is 50.1. The van der Waals surface area contributed by atoms with Gasteiger partial charge in [-0.15, -0.1) is 0 Å². The van der Waals surface area contributed by atoms with Crippen molar-refractivity contribution in [2.45, 2.75) is 159 Å². The lowest BCUT2D eigenvalue weighted by Crippen LogP contribution is -2.61. The van der Waals surface area contributed by atoms with E-state index in [2.05, 4.69) is 63.5 Å². The highest BCUT2D eigenvalue weighted by Gasteiger charge is 2.41. The summed E-state index contributed by atoms with van der Waals surface area (Å²) in [6.07, 6.45) is 1.79. The molecule has 6 aromatic rings. The number of hydrogen-bond acceptors (Lipinski definition) is 16. The van der Waals surface area contributed by atoms with Crippen molar-refractivity contribution in [3.05, 3.63) is 149 Å². The van der Waals surface area contributed by atoms with E-state index in [4.69, 9.17) is 39.6 Å². The number of phenols is 1. The number of hydrogen-bond donors (Lipinski definition) is 19. The molecule has 2 heterocycles. The second kappa shape index (κ2) is 39.5. The number of H-pyrrole nitrogens is 1. The number of para-hydroxylation sites is 1. The van der Waals surface area contributed by atoms with E-state index in [1.165, 1.54) is 43.0 Å². The maximum absolute atomic E-state index is 14.9. The van der Waals surface area contributed by atoms with Crippen molar-refractivity contribution >= 4 is 110 Å². The molecule has 562 valence electrons. The Labute approximate surface area is 612 Å². The molecule has 0 bridgehead atoms. The Morgan fingerprint density at radius 3 is 1.72 bits per heavy atom. The Hall–Kier alpha value is -11.2. The normalized spacial score (nSPS) is 15.2. The first kappa shape index (κ1) is 81.1. The number of aromatic amines is 1. The minimum absolute atomic E-state index is 0.0286. The van der Waals surface area contributed by atoms with Gasteiger partial charge in [-0.1, -0.05) is 110 Å². The Balaban J connectivity index is 1.07. The summed E-state index contributed by atoms with van der Waals surface area (Å²) in [5, 5.41) is 68.2. The van der Waals surface area contributed by atoms with Crippen molar-refractivity contribution in [3.8, 4) is 5.75 Å². The molecule has 10 atom stereocenters. The third kappa shape index (κ3) is 24.8. The van der Waals surface area contributed by atoms with Gasteiger partial charge < -0.3 is 90.5 Å². The van der Waals surface area contributed by atoms with Crippen LogP contribution in [0, 0.1) is 16.7 Å². The molecule has 1 aromatic heterocycles. The number of nitrogens with two attached hydrogens (primary N) is 3. The average molecular weight is 1470 g/mol. The van der Waals surface area contributed by atoms with E-state index in [1.54, 1.807) is 56.4 Å². The lowest BCUT2D eigenvalue weighted by atomic mass is 9.98. The number of amides is 11. The second-order valence-electron chi connectivity index (χ2n) is 26.4. The van der Waals surface area contributed by atoms with Crippen molar-refractivity contribution in [2.24, 2.45) is 23.1 Å². The number of benzene rings is 5. The summed E-state index contributed by atoms with van der Waals surface area (Å²) >= 11 is 6.08. The highest BCUT2D eigenvalue weighted by Crippen LogP contribution is 2.24. The van der Waals surface area contributed by atoms with Crippen molar-refractivity contribution in [2.75, 3.05) is 26.2 Å². The van der Waals surface area contributed by atoms with Crippen LogP contribution < -0.4 is 75.7 Å². The molecule has 7 rings (SSSR count). The number of likely N-dealkylation sites (tertiary alicyclic amines) is 1. The monoisotopic (exact) mass is 1470 g/mol. The van der Waals surface area contributed by atoms with E-state index in [-0.39, 0.29) is 101 Å². The van der Waals surface area contributed by atoms with Gasteiger partial charge in [0.05, 0.1) is 12.6 Å². The molecule has 22 N–H and O–H groups in total. The number of aliphatic hydroxyl groups is 1. The minimum Gasteiger partial charge on any atom is -0.508 e. The number of carbonyl (C=O) groups excluding carboxylic acids is 11. The Morgan fingerprint density at radius 1 is 0.562 bits per heavy atom. The molecule has 1 aliphatic rings. The maximum atomic E-state index is 14.9. The van der Waals surface area contributed by atoms with Gasteiger partial charge in [-0.2, -0.15) is 0 Å². The van der Waals surface area contributed by atoms with E-state index in [0.717, 1.165) is 27.2 Å². The molecule has 5 aromatic carbocycles. The van der Waals surface area contributed by atoms with Crippen LogP contribution in [-0.2, 0) is 78.4 Å². The van der Waals surface area contributed by atoms with E-state index in [0.29, 0.717) is 28.1 Å². The molecule has 105 heavy (non-hydrogen) atoms. The van der Waals surface area contributed by atoms with Gasteiger partial charge in [0.15, 0.2) is 11.9 Å². The third-order valence-corrected chi connectivity index (χ3v) is 17.9. The molecule has 31 nitrogen and oxygen atoms in total. The fraction of sp³-hybridized carbons (Fsp3) is 0.411. The van der Waals surface area contributed by atoms with Crippen LogP contribution in [-0.4, -0.2) is 184 Å². The first-order valence-corrected chi connectivity index (χ1v) is 35.1. The average Bonchev–Trinajstić information content (AvgIpc) is 1.75. The maximum Gasteiger partial charge on any atom is 0.249 e. The summed E-state index contributed by atoms with van der Waals surface area (Å²) in [6, 6.07) is 18.7. The standard InChI is InChI=1S/C73H95ClN18O13/c1-40(2)33-56(65(99)86-55(20-11-31-81-73(78)79)71(105)92-32-12-21-61(92)70(104)83-41(3)62(96)91-68(102)58(84-42(4)94)36-46-15-9-14-45-13-5-6-16-50(45)46)88-64(98)54(19-10-30-80-72(76)77)85-66(100)57(35-44-24-28-49(95)29-25-44)89-69(103)60(39-93)90-67(101)59(37-47-38-82-53-18-8-7-17-51(47)53)87-63(97)52(75)34-43-22-26-48(74)27-23-43/h5-9,13-18,22-29,38,40-41,52,54-61,82,93,95H,10-12,19-21,30-37,39,75H2,1-4H3,(H,83,104)(H,84,94)(H,85,100)(H,86,99)(H,87,97)(H,88,98)(H,89,103)(H,90,101)(H4,76,77,80)(H4,78,79,81)(H,91,96,102)/t41-,52-,54-,55+,56+,57+,58-,59-,60+,61+/m1/s1. The van der Waals surface area contributed by atoms with Crippen molar-refractivity contribution in [1.82, 2.24) is 68.4 Å². The van der Waals surface area contributed by atoms with Gasteiger partial charge in [-0.05, 0) is 128 Å². The van der Waals surface area contributed by atoms with Crippen molar-refractivity contribution in [1.29, 1.82) is 10.8 Å². The summed E-state index contributed by atoms with van der Waals surface area (Å²) in [4.78, 5) is 160. The van der Waals surface area contributed by atoms with Gasteiger partial charge in [0.1, 0.15) is 60.1 Å². The zero-order chi connectivity index (χ0) is 76.4. The van der Waals surface area contributed by atoms with Crippen molar-refractivity contribution < 1.29 is 63.0 Å². The van der Waals surface area contributed by atoms with Crippen molar-refractivity contribution in [3.63, 3.8) is 0 Å². The summed E-state index contributed by atoms with van der Waals surface area (Å²) in [7, 11) is 0. The van der Waals surface area contributed by atoms with Gasteiger partial charge in [-0.25, -0.2) is 0 Å². The minimum atomic E-state index is -1.76. The van der Waals surface area contributed by atoms with Gasteiger partial charge in [0, 0.05) is 67.9 Å².